The van der Waals surface area contributed by atoms with Crippen LogP contribution in [0.2, 0.25) is 0 Å². The Morgan fingerprint density at radius 1 is 1.06 bits per heavy atom. The van der Waals surface area contributed by atoms with Gasteiger partial charge in [0.2, 0.25) is 0 Å². The molecule has 1 aromatic heterocycles. The van der Waals surface area contributed by atoms with Crippen LogP contribution in [0.25, 0.3) is 0 Å². The van der Waals surface area contributed by atoms with Crippen LogP contribution >= 0.6 is 0 Å². The summed E-state index contributed by atoms with van der Waals surface area (Å²) in [6.45, 7) is 6.06. The number of carbonyl (C=O) groups excluding carboxylic acids is 2. The second kappa shape index (κ2) is 9.93. The maximum Gasteiger partial charge on any atom is 0.338 e. The van der Waals surface area contributed by atoms with E-state index in [-0.39, 0.29) is 19.1 Å². The lowest BCUT2D eigenvalue weighted by Crippen LogP contribution is -2.31. The van der Waals surface area contributed by atoms with Crippen LogP contribution in [0.15, 0.2) is 53.1 Å². The first kappa shape index (κ1) is 22.1. The number of aromatic nitrogens is 1. The lowest BCUT2D eigenvalue weighted by atomic mass is 10.1. The Labute approximate surface area is 181 Å². The molecule has 0 saturated carbocycles. The smallest absolute Gasteiger partial charge is 0.338 e. The first-order valence-electron chi connectivity index (χ1n) is 9.95. The van der Waals surface area contributed by atoms with Gasteiger partial charge in [0.25, 0.3) is 5.91 Å². The van der Waals surface area contributed by atoms with Crippen LogP contribution in [-0.2, 0) is 22.7 Å². The fraction of sp³-hybridized carbons (Fsp3) is 0.292. The van der Waals surface area contributed by atoms with E-state index in [4.69, 9.17) is 14.0 Å². The third kappa shape index (κ3) is 5.72. The number of carbonyl (C=O) groups is 2. The monoisotopic (exact) mass is 422 g/mol. The molecule has 0 saturated heterocycles. The van der Waals surface area contributed by atoms with Gasteiger partial charge in [0, 0.05) is 13.6 Å². The van der Waals surface area contributed by atoms with Crippen molar-refractivity contribution < 1.29 is 23.6 Å². The Morgan fingerprint density at radius 2 is 1.84 bits per heavy atom. The standard InChI is InChI=1S/C24H26N2O5/c1-16-8-5-6-9-20(16)13-26(4)23(27)15-30-24(28)19-10-7-11-21(12-19)29-14-22-17(2)25-31-18(22)3/h5-12H,13-15H2,1-4H3. The van der Waals surface area contributed by atoms with Crippen LogP contribution < -0.4 is 4.74 Å². The van der Waals surface area contributed by atoms with E-state index in [2.05, 4.69) is 5.16 Å². The molecule has 3 rings (SSSR count). The number of amides is 1. The van der Waals surface area contributed by atoms with E-state index < -0.39 is 5.97 Å². The van der Waals surface area contributed by atoms with Crippen LogP contribution in [0.4, 0.5) is 0 Å². The maximum atomic E-state index is 12.4. The van der Waals surface area contributed by atoms with Gasteiger partial charge >= 0.3 is 5.97 Å². The van der Waals surface area contributed by atoms with Gasteiger partial charge in [0.05, 0.1) is 16.8 Å². The van der Waals surface area contributed by atoms with Gasteiger partial charge in [-0.15, -0.1) is 0 Å². The first-order valence-corrected chi connectivity index (χ1v) is 9.95. The van der Waals surface area contributed by atoms with Crippen LogP contribution in [0.3, 0.4) is 0 Å². The molecule has 0 radical (unpaired) electrons. The molecule has 7 heteroatoms. The predicted molar refractivity (Wildman–Crippen MR) is 115 cm³/mol. The van der Waals surface area contributed by atoms with Crippen molar-refractivity contribution >= 4 is 11.9 Å². The quantitative estimate of drug-likeness (QED) is 0.511. The average Bonchev–Trinajstić information content (AvgIpc) is 3.09. The van der Waals surface area contributed by atoms with E-state index in [0.29, 0.717) is 23.6 Å². The van der Waals surface area contributed by atoms with Crippen molar-refractivity contribution in [3.63, 3.8) is 0 Å². The minimum absolute atomic E-state index is 0.276. The van der Waals surface area contributed by atoms with E-state index in [1.54, 1.807) is 36.2 Å². The Morgan fingerprint density at radius 3 is 2.55 bits per heavy atom. The highest BCUT2D eigenvalue weighted by Crippen LogP contribution is 2.19. The third-order valence-corrected chi connectivity index (χ3v) is 5.06. The number of likely N-dealkylation sites (N-methyl/N-ethyl adjacent to an activating group) is 1. The van der Waals surface area contributed by atoms with Gasteiger partial charge in [0.1, 0.15) is 18.1 Å². The molecule has 0 unspecified atom stereocenters. The molecule has 3 aromatic rings. The molecular weight excluding hydrogens is 396 g/mol. The number of rotatable bonds is 8. The lowest BCUT2D eigenvalue weighted by Gasteiger charge is -2.18. The molecule has 0 fully saturated rings. The van der Waals surface area contributed by atoms with Gasteiger partial charge in [0.15, 0.2) is 6.61 Å². The molecule has 0 aliphatic heterocycles. The Kier molecular flexibility index (Phi) is 7.07. The zero-order valence-electron chi connectivity index (χ0n) is 18.2. The summed E-state index contributed by atoms with van der Waals surface area (Å²) in [4.78, 5) is 26.3. The Bertz CT molecular complexity index is 1050. The molecular formula is C24H26N2O5. The van der Waals surface area contributed by atoms with Gasteiger partial charge in [-0.1, -0.05) is 35.5 Å². The Hall–Kier alpha value is -3.61. The van der Waals surface area contributed by atoms with E-state index in [9.17, 15) is 9.59 Å². The maximum absolute atomic E-state index is 12.4. The summed E-state index contributed by atoms with van der Waals surface area (Å²) in [5.41, 5.74) is 4.10. The van der Waals surface area contributed by atoms with Crippen molar-refractivity contribution in [1.82, 2.24) is 10.1 Å². The topological polar surface area (TPSA) is 81.9 Å². The summed E-state index contributed by atoms with van der Waals surface area (Å²) < 4.78 is 16.1. The SMILES string of the molecule is Cc1ccccc1CN(C)C(=O)COC(=O)c1cccc(OCc2c(C)noc2C)c1. The van der Waals surface area contributed by atoms with Crippen molar-refractivity contribution in [2.75, 3.05) is 13.7 Å². The normalized spacial score (nSPS) is 10.6. The Balaban J connectivity index is 1.53. The minimum Gasteiger partial charge on any atom is -0.489 e. The zero-order valence-corrected chi connectivity index (χ0v) is 18.2. The highest BCUT2D eigenvalue weighted by molar-refractivity contribution is 5.91. The van der Waals surface area contributed by atoms with E-state index in [0.717, 1.165) is 22.4 Å². The number of hydrogen-bond donors (Lipinski definition) is 0. The van der Waals surface area contributed by atoms with Crippen molar-refractivity contribution in [3.05, 3.63) is 82.2 Å². The van der Waals surface area contributed by atoms with Gasteiger partial charge < -0.3 is 18.9 Å². The summed E-state index contributed by atoms with van der Waals surface area (Å²) in [7, 11) is 1.69. The number of esters is 1. The van der Waals surface area contributed by atoms with Crippen LogP contribution in [0, 0.1) is 20.8 Å². The molecule has 0 aliphatic rings. The summed E-state index contributed by atoms with van der Waals surface area (Å²) >= 11 is 0. The van der Waals surface area contributed by atoms with E-state index in [1.165, 1.54) is 0 Å². The van der Waals surface area contributed by atoms with Gasteiger partial charge in [-0.25, -0.2) is 4.79 Å². The van der Waals surface area contributed by atoms with Crippen molar-refractivity contribution in [1.29, 1.82) is 0 Å². The number of ether oxygens (including phenoxy) is 2. The van der Waals surface area contributed by atoms with Crippen molar-refractivity contribution in [2.45, 2.75) is 33.9 Å². The number of nitrogens with zero attached hydrogens (tertiary/aromatic N) is 2. The summed E-state index contributed by atoms with van der Waals surface area (Å²) in [5.74, 6) is 0.349. The molecule has 7 nitrogen and oxygen atoms in total. The molecule has 2 aromatic carbocycles. The summed E-state index contributed by atoms with van der Waals surface area (Å²) in [5, 5.41) is 3.90. The largest absolute Gasteiger partial charge is 0.489 e. The molecule has 162 valence electrons. The molecule has 1 heterocycles. The molecule has 0 atom stereocenters. The van der Waals surface area contributed by atoms with Gasteiger partial charge in [-0.3, -0.25) is 4.79 Å². The van der Waals surface area contributed by atoms with E-state index in [1.807, 2.05) is 45.0 Å². The van der Waals surface area contributed by atoms with E-state index >= 15 is 0 Å². The molecule has 0 N–H and O–H groups in total. The summed E-state index contributed by atoms with van der Waals surface area (Å²) in [6, 6.07) is 14.5. The van der Waals surface area contributed by atoms with Crippen LogP contribution in [0.1, 0.15) is 38.5 Å². The van der Waals surface area contributed by atoms with Crippen molar-refractivity contribution in [2.24, 2.45) is 0 Å². The lowest BCUT2D eigenvalue weighted by molar-refractivity contribution is -0.133. The number of benzene rings is 2. The highest BCUT2D eigenvalue weighted by atomic mass is 16.5. The molecule has 0 bridgehead atoms. The zero-order chi connectivity index (χ0) is 22.4. The molecule has 1 amide bonds. The number of aryl methyl sites for hydroxylation is 3. The second-order valence-electron chi connectivity index (χ2n) is 7.37. The van der Waals surface area contributed by atoms with Crippen LogP contribution in [0.5, 0.6) is 5.75 Å². The van der Waals surface area contributed by atoms with Crippen LogP contribution in [-0.4, -0.2) is 35.6 Å². The molecule has 0 aliphatic carbocycles. The molecule has 0 spiro atoms. The first-order chi connectivity index (χ1) is 14.8. The van der Waals surface area contributed by atoms with Gasteiger partial charge in [-0.2, -0.15) is 0 Å². The fourth-order valence-electron chi connectivity index (χ4n) is 3.03. The summed E-state index contributed by atoms with van der Waals surface area (Å²) in [6.07, 6.45) is 0. The fourth-order valence-corrected chi connectivity index (χ4v) is 3.03. The van der Waals surface area contributed by atoms with Crippen molar-refractivity contribution in [3.8, 4) is 5.75 Å². The second-order valence-corrected chi connectivity index (χ2v) is 7.37. The average molecular weight is 422 g/mol. The minimum atomic E-state index is -0.583. The highest BCUT2D eigenvalue weighted by Gasteiger charge is 2.15. The molecule has 31 heavy (non-hydrogen) atoms. The third-order valence-electron chi connectivity index (χ3n) is 5.06. The van der Waals surface area contributed by atoms with Gasteiger partial charge in [-0.05, 0) is 50.1 Å². The predicted octanol–water partition coefficient (Wildman–Crippen LogP) is 3.99. The number of hydrogen-bond acceptors (Lipinski definition) is 6.